The number of thiophene rings is 1. The molecular weight excluding hydrogens is 420 g/mol. The number of benzene rings is 1. The summed E-state index contributed by atoms with van der Waals surface area (Å²) in [6.07, 6.45) is 3.65. The maximum absolute atomic E-state index is 13.8. The molecule has 2 fully saturated rings. The Morgan fingerprint density at radius 2 is 1.81 bits per heavy atom. The van der Waals surface area contributed by atoms with E-state index >= 15 is 0 Å². The number of hydrogen-bond acceptors (Lipinski definition) is 5. The molecule has 2 aliphatic heterocycles. The van der Waals surface area contributed by atoms with Gasteiger partial charge in [-0.3, -0.25) is 9.59 Å². The Kier molecular flexibility index (Phi) is 5.83. The number of anilines is 1. The monoisotopic (exact) mass is 448 g/mol. The van der Waals surface area contributed by atoms with Crippen LogP contribution in [0.3, 0.4) is 0 Å². The standard InChI is InChI=1S/C25H28N4O2S/c1-18(30)29-14-10-19(17-29)23-20-7-2-3-8-21(20)32-24(23)25(31)28-13-6-12-27(15-16-28)22-9-4-5-11-26-22/h2-5,7-9,11,19H,6,10,12-17H2,1H3. The number of pyridine rings is 1. The van der Waals surface area contributed by atoms with Crippen molar-refractivity contribution >= 4 is 39.1 Å². The zero-order chi connectivity index (χ0) is 22.1. The molecule has 7 heteroatoms. The van der Waals surface area contributed by atoms with Crippen molar-refractivity contribution in [3.63, 3.8) is 0 Å². The van der Waals surface area contributed by atoms with Gasteiger partial charge >= 0.3 is 0 Å². The summed E-state index contributed by atoms with van der Waals surface area (Å²) >= 11 is 1.61. The molecule has 5 rings (SSSR count). The molecule has 3 aromatic rings. The highest BCUT2D eigenvalue weighted by molar-refractivity contribution is 7.21. The van der Waals surface area contributed by atoms with Crippen molar-refractivity contribution in [2.45, 2.75) is 25.7 Å². The lowest BCUT2D eigenvalue weighted by Gasteiger charge is -2.23. The Balaban J connectivity index is 1.42. The summed E-state index contributed by atoms with van der Waals surface area (Å²) in [6.45, 7) is 6.21. The van der Waals surface area contributed by atoms with Crippen LogP contribution in [0.1, 0.15) is 40.9 Å². The predicted molar refractivity (Wildman–Crippen MR) is 128 cm³/mol. The van der Waals surface area contributed by atoms with Crippen LogP contribution < -0.4 is 4.90 Å². The number of rotatable bonds is 3. The lowest BCUT2D eigenvalue weighted by atomic mass is 9.94. The van der Waals surface area contributed by atoms with E-state index in [1.54, 1.807) is 18.3 Å². The third-order valence-corrected chi connectivity index (χ3v) is 7.80. The van der Waals surface area contributed by atoms with Crippen LogP contribution in [0.4, 0.5) is 5.82 Å². The molecule has 6 nitrogen and oxygen atoms in total. The summed E-state index contributed by atoms with van der Waals surface area (Å²) in [7, 11) is 0. The highest BCUT2D eigenvalue weighted by Gasteiger charge is 2.33. The smallest absolute Gasteiger partial charge is 0.264 e. The number of fused-ring (bicyclic) bond motifs is 1. The van der Waals surface area contributed by atoms with Crippen LogP contribution in [-0.2, 0) is 4.79 Å². The largest absolute Gasteiger partial charge is 0.355 e. The summed E-state index contributed by atoms with van der Waals surface area (Å²) in [4.78, 5) is 37.2. The molecule has 0 saturated carbocycles. The topological polar surface area (TPSA) is 56.8 Å². The first kappa shape index (κ1) is 20.9. The summed E-state index contributed by atoms with van der Waals surface area (Å²) < 4.78 is 1.15. The van der Waals surface area contributed by atoms with Crippen molar-refractivity contribution in [3.8, 4) is 0 Å². The molecule has 2 aromatic heterocycles. The Bertz CT molecular complexity index is 1130. The first-order chi connectivity index (χ1) is 15.6. The molecule has 0 radical (unpaired) electrons. The maximum atomic E-state index is 13.8. The highest BCUT2D eigenvalue weighted by atomic mass is 32.1. The van der Waals surface area contributed by atoms with Crippen LogP contribution in [0.15, 0.2) is 48.7 Å². The summed E-state index contributed by atoms with van der Waals surface area (Å²) in [5.41, 5.74) is 1.14. The lowest BCUT2D eigenvalue weighted by molar-refractivity contribution is -0.127. The van der Waals surface area contributed by atoms with Crippen LogP contribution in [0.25, 0.3) is 10.1 Å². The van der Waals surface area contributed by atoms with Gasteiger partial charge in [0.25, 0.3) is 5.91 Å². The normalized spacial score (nSPS) is 19.4. The predicted octanol–water partition coefficient (Wildman–Crippen LogP) is 3.98. The van der Waals surface area contributed by atoms with Gasteiger partial charge in [0.2, 0.25) is 5.91 Å². The molecule has 32 heavy (non-hydrogen) atoms. The van der Waals surface area contributed by atoms with E-state index < -0.39 is 0 Å². The fourth-order valence-corrected chi connectivity index (χ4v) is 6.20. The van der Waals surface area contributed by atoms with Crippen molar-refractivity contribution in [1.82, 2.24) is 14.8 Å². The Labute approximate surface area is 192 Å². The van der Waals surface area contributed by atoms with Gasteiger partial charge in [0.1, 0.15) is 5.82 Å². The molecule has 166 valence electrons. The van der Waals surface area contributed by atoms with Crippen molar-refractivity contribution in [1.29, 1.82) is 0 Å². The summed E-state index contributed by atoms with van der Waals surface area (Å²) in [6, 6.07) is 14.3. The van der Waals surface area contributed by atoms with Crippen molar-refractivity contribution < 1.29 is 9.59 Å². The second-order valence-corrected chi connectivity index (χ2v) is 9.66. The first-order valence-corrected chi connectivity index (χ1v) is 12.2. The van der Waals surface area contributed by atoms with Crippen molar-refractivity contribution in [2.24, 2.45) is 0 Å². The van der Waals surface area contributed by atoms with Gasteiger partial charge in [-0.25, -0.2) is 4.98 Å². The van der Waals surface area contributed by atoms with E-state index in [-0.39, 0.29) is 17.7 Å². The number of carbonyl (C=O) groups excluding carboxylic acids is 2. The molecule has 1 unspecified atom stereocenters. The minimum atomic E-state index is 0.113. The molecule has 2 amide bonds. The van der Waals surface area contributed by atoms with Gasteiger partial charge in [0, 0.05) is 63.0 Å². The zero-order valence-electron chi connectivity index (χ0n) is 18.4. The number of nitrogens with zero attached hydrogens (tertiary/aromatic N) is 4. The van der Waals surface area contributed by atoms with E-state index in [4.69, 9.17) is 0 Å². The van der Waals surface area contributed by atoms with Gasteiger partial charge in [0.15, 0.2) is 0 Å². The van der Waals surface area contributed by atoms with Crippen LogP contribution >= 0.6 is 11.3 Å². The van der Waals surface area contributed by atoms with Gasteiger partial charge in [-0.2, -0.15) is 0 Å². The number of aromatic nitrogens is 1. The molecular formula is C25H28N4O2S. The fraction of sp³-hybridized carbons (Fsp3) is 0.400. The molecule has 4 heterocycles. The van der Waals surface area contributed by atoms with Gasteiger partial charge < -0.3 is 14.7 Å². The lowest BCUT2D eigenvalue weighted by Crippen LogP contribution is -2.35. The SMILES string of the molecule is CC(=O)N1CCC(c2c(C(=O)N3CCCN(c4ccccn4)CC3)sc3ccccc23)C1. The third kappa shape index (κ3) is 3.97. The molecule has 0 aliphatic carbocycles. The number of carbonyl (C=O) groups is 2. The summed E-state index contributed by atoms with van der Waals surface area (Å²) in [5.74, 6) is 1.43. The van der Waals surface area contributed by atoms with Gasteiger partial charge in [-0.15, -0.1) is 11.3 Å². The highest BCUT2D eigenvalue weighted by Crippen LogP contribution is 2.40. The Morgan fingerprint density at radius 3 is 2.59 bits per heavy atom. The second-order valence-electron chi connectivity index (χ2n) is 8.61. The van der Waals surface area contributed by atoms with E-state index in [1.165, 1.54) is 5.39 Å². The quantitative estimate of drug-likeness (QED) is 0.608. The maximum Gasteiger partial charge on any atom is 0.264 e. The Hall–Kier alpha value is -2.93. The van der Waals surface area contributed by atoms with Crippen LogP contribution in [0.5, 0.6) is 0 Å². The molecule has 2 saturated heterocycles. The van der Waals surface area contributed by atoms with Crippen LogP contribution in [0.2, 0.25) is 0 Å². The second kappa shape index (κ2) is 8.90. The molecule has 0 spiro atoms. The van der Waals surface area contributed by atoms with Crippen molar-refractivity contribution in [2.75, 3.05) is 44.2 Å². The molecule has 1 aromatic carbocycles. The fourth-order valence-electron chi connectivity index (χ4n) is 4.95. The number of hydrogen-bond donors (Lipinski definition) is 0. The molecule has 0 bridgehead atoms. The first-order valence-electron chi connectivity index (χ1n) is 11.3. The minimum absolute atomic E-state index is 0.113. The van der Waals surface area contributed by atoms with Crippen LogP contribution in [0, 0.1) is 0 Å². The minimum Gasteiger partial charge on any atom is -0.355 e. The average Bonchev–Trinajstić information content (AvgIpc) is 3.37. The van der Waals surface area contributed by atoms with E-state index in [2.05, 4.69) is 22.0 Å². The average molecular weight is 449 g/mol. The van der Waals surface area contributed by atoms with Gasteiger partial charge in [-0.05, 0) is 42.0 Å². The third-order valence-electron chi connectivity index (χ3n) is 6.63. The number of amides is 2. The summed E-state index contributed by atoms with van der Waals surface area (Å²) in [5, 5.41) is 1.17. The number of likely N-dealkylation sites (tertiary alicyclic amines) is 1. The molecule has 2 aliphatic rings. The van der Waals surface area contributed by atoms with Gasteiger partial charge in [0.05, 0.1) is 4.88 Å². The van der Waals surface area contributed by atoms with E-state index in [9.17, 15) is 9.59 Å². The molecule has 1 atom stereocenters. The van der Waals surface area contributed by atoms with Crippen LogP contribution in [-0.4, -0.2) is 65.9 Å². The van der Waals surface area contributed by atoms with E-state index in [0.717, 1.165) is 60.0 Å². The van der Waals surface area contributed by atoms with Gasteiger partial charge in [-0.1, -0.05) is 24.3 Å². The zero-order valence-corrected chi connectivity index (χ0v) is 19.2. The Morgan fingerprint density at radius 1 is 0.969 bits per heavy atom. The van der Waals surface area contributed by atoms with E-state index in [0.29, 0.717) is 13.1 Å². The molecule has 0 N–H and O–H groups in total. The van der Waals surface area contributed by atoms with E-state index in [1.807, 2.05) is 46.3 Å². The van der Waals surface area contributed by atoms with Crippen molar-refractivity contribution in [3.05, 3.63) is 59.1 Å².